The summed E-state index contributed by atoms with van der Waals surface area (Å²) in [5, 5.41) is 11.9. The molecule has 0 aromatic heterocycles. The summed E-state index contributed by atoms with van der Waals surface area (Å²) < 4.78 is 20.0. The summed E-state index contributed by atoms with van der Waals surface area (Å²) in [6.07, 6.45) is 0. The number of aromatic hydroxyl groups is 1. The van der Waals surface area contributed by atoms with Crippen LogP contribution in [0.5, 0.6) is 11.5 Å². The lowest BCUT2D eigenvalue weighted by Crippen LogP contribution is -1.99. The fourth-order valence-electron chi connectivity index (χ4n) is 2.13. The molecule has 2 nitrogen and oxygen atoms in total. The Hall–Kier alpha value is -2.07. The lowest BCUT2D eigenvalue weighted by atomic mass is 10.1. The van der Waals surface area contributed by atoms with Gasteiger partial charge < -0.3 is 9.84 Å². The second-order valence-corrected chi connectivity index (χ2v) is 5.61. The van der Waals surface area contributed by atoms with Crippen LogP contribution >= 0.6 is 15.9 Å². The Morgan fingerprint density at radius 2 is 1.71 bits per heavy atom. The van der Waals surface area contributed by atoms with E-state index in [4.69, 9.17) is 4.74 Å². The average Bonchev–Trinajstić information content (AvgIpc) is 2.48. The number of fused-ring (bicyclic) bond motifs is 1. The van der Waals surface area contributed by atoms with E-state index in [1.807, 2.05) is 24.3 Å². The Balaban J connectivity index is 1.88. The summed E-state index contributed by atoms with van der Waals surface area (Å²) >= 11 is 3.30. The van der Waals surface area contributed by atoms with E-state index in [1.165, 1.54) is 6.07 Å². The van der Waals surface area contributed by atoms with Crippen LogP contribution in [0.3, 0.4) is 0 Å². The van der Waals surface area contributed by atoms with Crippen LogP contribution in [-0.4, -0.2) is 5.11 Å². The molecule has 0 bridgehead atoms. The smallest absolute Gasteiger partial charge is 0.162 e. The minimum Gasteiger partial charge on any atom is -0.504 e. The molecule has 0 heterocycles. The first-order chi connectivity index (χ1) is 10.1. The molecule has 0 aliphatic rings. The fraction of sp³-hybridized carbons (Fsp3) is 0.0588. The summed E-state index contributed by atoms with van der Waals surface area (Å²) in [6, 6.07) is 15.7. The lowest BCUT2D eigenvalue weighted by Gasteiger charge is -2.10. The third-order valence-electron chi connectivity index (χ3n) is 3.22. The van der Waals surface area contributed by atoms with E-state index < -0.39 is 0 Å². The summed E-state index contributed by atoms with van der Waals surface area (Å²) in [5.41, 5.74) is 0.428. The maximum Gasteiger partial charge on any atom is 0.162 e. The molecule has 0 spiro atoms. The molecule has 0 unspecified atom stereocenters. The number of ether oxygens (including phenoxy) is 1. The molecular weight excluding hydrogens is 335 g/mol. The predicted molar refractivity (Wildman–Crippen MR) is 84.0 cm³/mol. The van der Waals surface area contributed by atoms with Crippen molar-refractivity contribution in [2.45, 2.75) is 6.61 Å². The molecular formula is C17H12BrFO2. The third kappa shape index (κ3) is 3.00. The largest absolute Gasteiger partial charge is 0.504 e. The first kappa shape index (κ1) is 13.9. The van der Waals surface area contributed by atoms with Crippen molar-refractivity contribution in [2.75, 3.05) is 0 Å². The highest BCUT2D eigenvalue weighted by atomic mass is 79.9. The minimum absolute atomic E-state index is 0.0455. The van der Waals surface area contributed by atoms with Gasteiger partial charge in [0.15, 0.2) is 11.5 Å². The van der Waals surface area contributed by atoms with Crippen LogP contribution in [0.1, 0.15) is 5.56 Å². The molecule has 0 fully saturated rings. The number of rotatable bonds is 3. The van der Waals surface area contributed by atoms with Gasteiger partial charge in [-0.25, -0.2) is 4.39 Å². The van der Waals surface area contributed by atoms with Gasteiger partial charge in [0.2, 0.25) is 0 Å². The Labute approximate surface area is 129 Å². The lowest BCUT2D eigenvalue weighted by molar-refractivity contribution is 0.284. The molecule has 0 atom stereocenters. The van der Waals surface area contributed by atoms with Gasteiger partial charge in [-0.15, -0.1) is 0 Å². The van der Waals surface area contributed by atoms with Crippen LogP contribution in [0.4, 0.5) is 4.39 Å². The highest BCUT2D eigenvalue weighted by Gasteiger charge is 2.08. The highest BCUT2D eigenvalue weighted by Crippen LogP contribution is 2.32. The van der Waals surface area contributed by atoms with Crippen molar-refractivity contribution in [2.24, 2.45) is 0 Å². The molecule has 106 valence electrons. The van der Waals surface area contributed by atoms with E-state index in [0.29, 0.717) is 11.3 Å². The normalized spacial score (nSPS) is 10.8. The van der Waals surface area contributed by atoms with E-state index in [0.717, 1.165) is 15.2 Å². The molecule has 0 aliphatic carbocycles. The first-order valence-electron chi connectivity index (χ1n) is 6.42. The quantitative estimate of drug-likeness (QED) is 0.720. The van der Waals surface area contributed by atoms with E-state index in [-0.39, 0.29) is 18.2 Å². The van der Waals surface area contributed by atoms with Crippen LogP contribution in [0.2, 0.25) is 0 Å². The van der Waals surface area contributed by atoms with Gasteiger partial charge >= 0.3 is 0 Å². The van der Waals surface area contributed by atoms with Gasteiger partial charge in [-0.3, -0.25) is 0 Å². The average molecular weight is 347 g/mol. The van der Waals surface area contributed by atoms with Crippen molar-refractivity contribution in [3.05, 3.63) is 70.5 Å². The Morgan fingerprint density at radius 3 is 2.48 bits per heavy atom. The number of phenolic OH excluding ortho intramolecular Hbond substituents is 1. The molecule has 3 aromatic carbocycles. The van der Waals surface area contributed by atoms with E-state index in [1.54, 1.807) is 24.3 Å². The molecule has 0 amide bonds. The number of hydrogen-bond donors (Lipinski definition) is 1. The monoisotopic (exact) mass is 346 g/mol. The summed E-state index contributed by atoms with van der Waals surface area (Å²) in [4.78, 5) is 0. The molecule has 0 saturated heterocycles. The molecule has 21 heavy (non-hydrogen) atoms. The summed E-state index contributed by atoms with van der Waals surface area (Å²) in [6.45, 7) is 0.0528. The van der Waals surface area contributed by atoms with Crippen LogP contribution in [0, 0.1) is 5.82 Å². The molecule has 3 aromatic rings. The second-order valence-electron chi connectivity index (χ2n) is 4.69. The number of benzene rings is 3. The van der Waals surface area contributed by atoms with Gasteiger partial charge in [-0.2, -0.15) is 0 Å². The minimum atomic E-state index is -0.335. The summed E-state index contributed by atoms with van der Waals surface area (Å²) in [5.74, 6) is 0.0515. The van der Waals surface area contributed by atoms with Crippen LogP contribution in [0.15, 0.2) is 59.1 Å². The highest BCUT2D eigenvalue weighted by molar-refractivity contribution is 9.10. The van der Waals surface area contributed by atoms with Gasteiger partial charge in [0.25, 0.3) is 0 Å². The van der Waals surface area contributed by atoms with E-state index >= 15 is 0 Å². The second kappa shape index (κ2) is 5.74. The fourth-order valence-corrected chi connectivity index (χ4v) is 2.54. The molecule has 0 aliphatic heterocycles. The molecule has 1 N–H and O–H groups in total. The Bertz CT molecular complexity index is 802. The van der Waals surface area contributed by atoms with Gasteiger partial charge in [-0.05, 0) is 41.1 Å². The van der Waals surface area contributed by atoms with Crippen LogP contribution in [0.25, 0.3) is 10.8 Å². The van der Waals surface area contributed by atoms with E-state index in [2.05, 4.69) is 15.9 Å². The van der Waals surface area contributed by atoms with Crippen molar-refractivity contribution < 1.29 is 14.2 Å². The first-order valence-corrected chi connectivity index (χ1v) is 7.21. The molecule has 3 rings (SSSR count). The zero-order chi connectivity index (χ0) is 14.8. The maximum absolute atomic E-state index is 13.7. The number of halogens is 2. The van der Waals surface area contributed by atoms with Crippen molar-refractivity contribution in [3.63, 3.8) is 0 Å². The maximum atomic E-state index is 13.7. The summed E-state index contributed by atoms with van der Waals surface area (Å²) in [7, 11) is 0. The Kier molecular flexibility index (Phi) is 3.80. The van der Waals surface area contributed by atoms with Crippen molar-refractivity contribution in [1.29, 1.82) is 0 Å². The SMILES string of the molecule is Oc1cc2ccccc2cc1OCc1cc(Br)ccc1F. The predicted octanol–water partition coefficient (Wildman–Crippen LogP) is 5.03. The van der Waals surface area contributed by atoms with Crippen LogP contribution in [-0.2, 0) is 6.61 Å². The van der Waals surface area contributed by atoms with Crippen molar-refractivity contribution in [1.82, 2.24) is 0 Å². The van der Waals surface area contributed by atoms with Crippen LogP contribution < -0.4 is 4.74 Å². The van der Waals surface area contributed by atoms with Crippen molar-refractivity contribution >= 4 is 26.7 Å². The molecule has 0 saturated carbocycles. The molecule has 4 heteroatoms. The van der Waals surface area contributed by atoms with Gasteiger partial charge in [0.1, 0.15) is 12.4 Å². The zero-order valence-corrected chi connectivity index (χ0v) is 12.6. The Morgan fingerprint density at radius 1 is 1.00 bits per heavy atom. The number of hydrogen-bond acceptors (Lipinski definition) is 2. The topological polar surface area (TPSA) is 29.5 Å². The number of phenols is 1. The van der Waals surface area contributed by atoms with E-state index in [9.17, 15) is 9.50 Å². The van der Waals surface area contributed by atoms with Crippen molar-refractivity contribution in [3.8, 4) is 11.5 Å². The molecule has 0 radical (unpaired) electrons. The zero-order valence-electron chi connectivity index (χ0n) is 11.0. The van der Waals surface area contributed by atoms with Gasteiger partial charge in [0, 0.05) is 10.0 Å². The standard InChI is InChI=1S/C17H12BrFO2/c18-14-5-6-15(19)13(7-14)10-21-17-9-12-4-2-1-3-11(12)8-16(17)20/h1-9,20H,10H2. The van der Waals surface area contributed by atoms with Gasteiger partial charge in [0.05, 0.1) is 0 Å². The third-order valence-corrected chi connectivity index (χ3v) is 3.71. The van der Waals surface area contributed by atoms with Gasteiger partial charge in [-0.1, -0.05) is 40.2 Å².